The van der Waals surface area contributed by atoms with Gasteiger partial charge in [-0.15, -0.1) is 0 Å². The van der Waals surface area contributed by atoms with Crippen LogP contribution in [0.4, 0.5) is 5.82 Å². The first-order chi connectivity index (χ1) is 6.20. The molecular formula is C6H5N5O2. The molecule has 0 fully saturated rings. The molecule has 0 unspecified atom stereocenters. The van der Waals surface area contributed by atoms with Gasteiger partial charge in [0.05, 0.1) is 0 Å². The van der Waals surface area contributed by atoms with Gasteiger partial charge in [0.25, 0.3) is 0 Å². The summed E-state index contributed by atoms with van der Waals surface area (Å²) in [7, 11) is 0. The van der Waals surface area contributed by atoms with E-state index >= 15 is 0 Å². The van der Waals surface area contributed by atoms with Crippen molar-refractivity contribution in [1.82, 2.24) is 20.2 Å². The van der Waals surface area contributed by atoms with Crippen molar-refractivity contribution in [2.75, 3.05) is 5.73 Å². The third-order valence-corrected chi connectivity index (χ3v) is 1.58. The summed E-state index contributed by atoms with van der Waals surface area (Å²) in [6.45, 7) is 0. The molecule has 2 rings (SSSR count). The monoisotopic (exact) mass is 179 g/mol. The first-order valence-electron chi connectivity index (χ1n) is 3.38. The molecule has 13 heavy (non-hydrogen) atoms. The van der Waals surface area contributed by atoms with Crippen LogP contribution in [0, 0.1) is 0 Å². The van der Waals surface area contributed by atoms with Crippen molar-refractivity contribution in [3.8, 4) is 0 Å². The molecule has 0 bridgehead atoms. The van der Waals surface area contributed by atoms with Crippen LogP contribution in [-0.4, -0.2) is 31.2 Å². The zero-order chi connectivity index (χ0) is 9.42. The van der Waals surface area contributed by atoms with Gasteiger partial charge < -0.3 is 10.8 Å². The number of anilines is 1. The maximum Gasteiger partial charge on any atom is 0.356 e. The highest BCUT2D eigenvalue weighted by Crippen LogP contribution is 2.16. The van der Waals surface area contributed by atoms with E-state index in [0.29, 0.717) is 5.52 Å². The highest BCUT2D eigenvalue weighted by atomic mass is 16.4. The largest absolute Gasteiger partial charge is 0.476 e. The van der Waals surface area contributed by atoms with E-state index < -0.39 is 5.97 Å². The van der Waals surface area contributed by atoms with Gasteiger partial charge in [0.15, 0.2) is 11.5 Å². The van der Waals surface area contributed by atoms with E-state index in [1.54, 1.807) is 0 Å². The zero-order valence-electron chi connectivity index (χ0n) is 6.35. The lowest BCUT2D eigenvalue weighted by molar-refractivity contribution is 0.0692. The molecule has 0 atom stereocenters. The minimum absolute atomic E-state index is 0.130. The number of nitrogens with two attached hydrogens (primary N) is 1. The van der Waals surface area contributed by atoms with Crippen LogP contribution in [0.2, 0.25) is 0 Å². The molecule has 4 N–H and O–H groups in total. The number of rotatable bonds is 1. The molecule has 0 aliphatic carbocycles. The number of carboxylic acids is 1. The molecular weight excluding hydrogens is 174 g/mol. The number of H-pyrrole nitrogens is 1. The second-order valence-electron chi connectivity index (χ2n) is 2.36. The Labute approximate surface area is 71.6 Å². The topological polar surface area (TPSA) is 118 Å². The molecule has 2 heterocycles. The van der Waals surface area contributed by atoms with Gasteiger partial charge in [-0.25, -0.2) is 14.8 Å². The number of hydrogen-bond donors (Lipinski definition) is 3. The molecule has 2 aromatic heterocycles. The molecule has 0 saturated carbocycles. The second-order valence-corrected chi connectivity index (χ2v) is 2.36. The SMILES string of the molecule is Nc1n[nH]c2c(C(=O)O)ncnc12. The minimum atomic E-state index is -1.14. The molecule has 2 aromatic rings. The predicted octanol–water partition coefficient (Wildman–Crippen LogP) is -0.367. The van der Waals surface area contributed by atoms with Gasteiger partial charge in [0.1, 0.15) is 17.4 Å². The second kappa shape index (κ2) is 2.41. The van der Waals surface area contributed by atoms with Gasteiger partial charge in [-0.2, -0.15) is 5.10 Å². The Hall–Kier alpha value is -2.18. The Morgan fingerprint density at radius 1 is 1.54 bits per heavy atom. The Bertz CT molecular complexity index is 477. The smallest absolute Gasteiger partial charge is 0.356 e. The number of nitrogens with one attached hydrogen (secondary N) is 1. The average Bonchev–Trinajstić information content (AvgIpc) is 2.48. The van der Waals surface area contributed by atoms with E-state index in [4.69, 9.17) is 10.8 Å². The molecule has 66 valence electrons. The van der Waals surface area contributed by atoms with Gasteiger partial charge in [0, 0.05) is 0 Å². The number of carbonyl (C=O) groups is 1. The lowest BCUT2D eigenvalue weighted by atomic mass is 10.3. The fraction of sp³-hybridized carbons (Fsp3) is 0. The summed E-state index contributed by atoms with van der Waals surface area (Å²) >= 11 is 0. The number of carboxylic acid groups (broad SMARTS) is 1. The summed E-state index contributed by atoms with van der Waals surface area (Å²) in [5.41, 5.74) is 5.86. The lowest BCUT2D eigenvalue weighted by Gasteiger charge is -1.92. The number of nitrogen functional groups attached to an aromatic ring is 1. The highest BCUT2D eigenvalue weighted by Gasteiger charge is 2.14. The normalized spacial score (nSPS) is 10.5. The quantitative estimate of drug-likeness (QED) is 0.549. The Morgan fingerprint density at radius 2 is 2.31 bits per heavy atom. The van der Waals surface area contributed by atoms with E-state index in [0.717, 1.165) is 6.33 Å². The molecule has 0 aliphatic heterocycles. The van der Waals surface area contributed by atoms with Crippen LogP contribution in [0.1, 0.15) is 10.5 Å². The van der Waals surface area contributed by atoms with Crippen molar-refractivity contribution in [2.24, 2.45) is 0 Å². The Balaban J connectivity index is 2.84. The average molecular weight is 179 g/mol. The molecule has 0 spiro atoms. The number of nitrogens with zero attached hydrogens (tertiary/aromatic N) is 3. The molecule has 7 heteroatoms. The maximum atomic E-state index is 10.6. The van der Waals surface area contributed by atoms with Crippen LogP contribution in [0.15, 0.2) is 6.33 Å². The third kappa shape index (κ3) is 0.975. The van der Waals surface area contributed by atoms with Crippen molar-refractivity contribution < 1.29 is 9.90 Å². The van der Waals surface area contributed by atoms with Crippen molar-refractivity contribution >= 4 is 22.8 Å². The number of hydrogen-bond acceptors (Lipinski definition) is 5. The Morgan fingerprint density at radius 3 is 3.00 bits per heavy atom. The van der Waals surface area contributed by atoms with E-state index in [9.17, 15) is 4.79 Å². The maximum absolute atomic E-state index is 10.6. The summed E-state index contributed by atoms with van der Waals surface area (Å²) in [4.78, 5) is 18.0. The van der Waals surface area contributed by atoms with Crippen LogP contribution in [0.3, 0.4) is 0 Å². The van der Waals surface area contributed by atoms with Gasteiger partial charge in [-0.1, -0.05) is 0 Å². The van der Waals surface area contributed by atoms with Crippen LogP contribution in [0.25, 0.3) is 11.0 Å². The summed E-state index contributed by atoms with van der Waals surface area (Å²) in [6.07, 6.45) is 1.14. The predicted molar refractivity (Wildman–Crippen MR) is 43.1 cm³/mol. The highest BCUT2D eigenvalue weighted by molar-refractivity contribution is 6.00. The van der Waals surface area contributed by atoms with Crippen LogP contribution in [-0.2, 0) is 0 Å². The third-order valence-electron chi connectivity index (χ3n) is 1.58. The van der Waals surface area contributed by atoms with Crippen LogP contribution >= 0.6 is 0 Å². The van der Waals surface area contributed by atoms with Crippen LogP contribution in [0.5, 0.6) is 0 Å². The number of fused-ring (bicyclic) bond motifs is 1. The zero-order valence-corrected chi connectivity index (χ0v) is 6.35. The van der Waals surface area contributed by atoms with E-state index in [1.165, 1.54) is 0 Å². The fourth-order valence-corrected chi connectivity index (χ4v) is 1.02. The van der Waals surface area contributed by atoms with Crippen molar-refractivity contribution in [1.29, 1.82) is 0 Å². The van der Waals surface area contributed by atoms with E-state index in [1.807, 2.05) is 0 Å². The van der Waals surface area contributed by atoms with Crippen molar-refractivity contribution in [3.05, 3.63) is 12.0 Å². The first-order valence-corrected chi connectivity index (χ1v) is 3.38. The summed E-state index contributed by atoms with van der Waals surface area (Å²) in [5, 5.41) is 14.8. The molecule has 7 nitrogen and oxygen atoms in total. The lowest BCUT2D eigenvalue weighted by Crippen LogP contribution is -2.01. The number of aromatic carboxylic acids is 1. The molecule has 0 aromatic carbocycles. The fourth-order valence-electron chi connectivity index (χ4n) is 1.02. The summed E-state index contributed by atoms with van der Waals surface area (Å²) in [6, 6.07) is 0. The van der Waals surface area contributed by atoms with Crippen molar-refractivity contribution in [2.45, 2.75) is 0 Å². The standard InChI is InChI=1S/C6H5N5O2/c7-5-3-2(10-11-5)4(6(12)13)9-1-8-3/h1H,(H,12,13)(H3,7,10,11). The minimum Gasteiger partial charge on any atom is -0.476 e. The number of aromatic nitrogens is 4. The molecule has 0 radical (unpaired) electrons. The van der Waals surface area contributed by atoms with Crippen LogP contribution < -0.4 is 5.73 Å². The summed E-state index contributed by atoms with van der Waals surface area (Å²) in [5.74, 6) is -0.976. The van der Waals surface area contributed by atoms with Gasteiger partial charge in [-0.3, -0.25) is 5.10 Å². The molecule has 0 saturated heterocycles. The number of aromatic amines is 1. The molecule has 0 aliphatic rings. The van der Waals surface area contributed by atoms with Gasteiger partial charge >= 0.3 is 5.97 Å². The first kappa shape index (κ1) is 7.47. The van der Waals surface area contributed by atoms with Crippen molar-refractivity contribution in [3.63, 3.8) is 0 Å². The van der Waals surface area contributed by atoms with Gasteiger partial charge in [0.2, 0.25) is 0 Å². The van der Waals surface area contributed by atoms with E-state index in [-0.39, 0.29) is 17.0 Å². The Kier molecular flexibility index (Phi) is 1.38. The molecule has 0 amide bonds. The summed E-state index contributed by atoms with van der Waals surface area (Å²) < 4.78 is 0. The van der Waals surface area contributed by atoms with Gasteiger partial charge in [-0.05, 0) is 0 Å². The van der Waals surface area contributed by atoms with E-state index in [2.05, 4.69) is 20.2 Å².